The van der Waals surface area contributed by atoms with Crippen LogP contribution in [0.15, 0.2) is 28.7 Å². The summed E-state index contributed by atoms with van der Waals surface area (Å²) in [5.74, 6) is -56.7. The van der Waals surface area contributed by atoms with Gasteiger partial charge in [0.1, 0.15) is 0 Å². The molecule has 0 heterocycles. The van der Waals surface area contributed by atoms with Crippen LogP contribution in [0.5, 0.6) is 0 Å². The smallest absolute Gasteiger partial charge is 0.374 e. The van der Waals surface area contributed by atoms with Crippen LogP contribution in [0.4, 0.5) is 74.6 Å². The summed E-state index contributed by atoms with van der Waals surface area (Å²) in [5.41, 5.74) is -3.33. The molecule has 0 aliphatic carbocycles. The lowest BCUT2D eigenvalue weighted by Gasteiger charge is -2.44. The maximum atomic E-state index is 14.4. The van der Waals surface area contributed by atoms with E-state index in [-0.39, 0.29) is 4.47 Å². The molecule has 0 saturated carbocycles. The topological polar surface area (TPSA) is 9.23 Å². The van der Waals surface area contributed by atoms with Crippen LogP contribution in [0.25, 0.3) is 0 Å². The van der Waals surface area contributed by atoms with Gasteiger partial charge in [0.05, 0.1) is 12.0 Å². The Morgan fingerprint density at radius 2 is 0.946 bits per heavy atom. The average molecular weight is 647 g/mol. The molecule has 19 heteroatoms. The molecule has 216 valence electrons. The fraction of sp³-hybridized carbons (Fsp3) is 0.667. The molecule has 1 unspecified atom stereocenters. The van der Waals surface area contributed by atoms with E-state index >= 15 is 0 Å². The number of alkyl halides is 17. The van der Waals surface area contributed by atoms with Gasteiger partial charge in [0.2, 0.25) is 0 Å². The molecule has 0 fully saturated rings. The Labute approximate surface area is 204 Å². The maximum absolute atomic E-state index is 14.4. The second kappa shape index (κ2) is 9.29. The highest BCUT2D eigenvalue weighted by molar-refractivity contribution is 9.10. The molecule has 37 heavy (non-hydrogen) atoms. The quantitative estimate of drug-likeness (QED) is 0.231. The van der Waals surface area contributed by atoms with Gasteiger partial charge in [0.15, 0.2) is 0 Å². The molecule has 0 saturated heterocycles. The lowest BCUT2D eigenvalue weighted by Crippen LogP contribution is -2.74. The summed E-state index contributed by atoms with van der Waals surface area (Å²) in [6, 6.07) is 4.25. The number of rotatable bonds is 10. The van der Waals surface area contributed by atoms with Crippen molar-refractivity contribution in [2.45, 2.75) is 66.6 Å². The first kappa shape index (κ1) is 33.5. The maximum Gasteiger partial charge on any atom is 0.460 e. The van der Waals surface area contributed by atoms with Gasteiger partial charge in [-0.1, -0.05) is 34.1 Å². The Morgan fingerprint density at radius 1 is 0.595 bits per heavy atom. The van der Waals surface area contributed by atoms with E-state index in [1.165, 1.54) is 6.07 Å². The molecule has 1 rings (SSSR count). The van der Waals surface area contributed by atoms with E-state index in [2.05, 4.69) is 20.7 Å². The van der Waals surface area contributed by atoms with Crippen LogP contribution in [0.1, 0.15) is 18.9 Å². The first-order valence-electron chi connectivity index (χ1n) is 9.05. The lowest BCUT2D eigenvalue weighted by atomic mass is 9.83. The molecule has 0 bridgehead atoms. The van der Waals surface area contributed by atoms with E-state index in [0.717, 1.165) is 18.2 Å². The van der Waals surface area contributed by atoms with Crippen molar-refractivity contribution in [3.63, 3.8) is 0 Å². The van der Waals surface area contributed by atoms with Crippen molar-refractivity contribution < 1.29 is 79.4 Å². The predicted molar refractivity (Wildman–Crippen MR) is 93.8 cm³/mol. The highest BCUT2D eigenvalue weighted by Crippen LogP contribution is 2.64. The Balaban J connectivity index is 3.69. The summed E-state index contributed by atoms with van der Waals surface area (Å²) < 4.78 is 233. The van der Waals surface area contributed by atoms with Gasteiger partial charge in [-0.2, -0.15) is 74.6 Å². The van der Waals surface area contributed by atoms with Crippen LogP contribution in [0, 0.1) is 0 Å². The second-order valence-corrected chi connectivity index (χ2v) is 8.59. The molecule has 0 amide bonds. The molecule has 0 aliphatic heterocycles. The summed E-state index contributed by atoms with van der Waals surface area (Å²) in [6.07, 6.45) is -10.5. The normalized spacial score (nSPS) is 17.1. The van der Waals surface area contributed by atoms with E-state index in [0.29, 0.717) is 14.0 Å². The third kappa shape index (κ3) is 4.75. The highest BCUT2D eigenvalue weighted by atomic mass is 79.9. The molecule has 0 spiro atoms. The zero-order valence-corrected chi connectivity index (χ0v) is 19.3. The molecule has 1 atom stereocenters. The van der Waals surface area contributed by atoms with Crippen LogP contribution in [-0.2, 0) is 10.3 Å². The van der Waals surface area contributed by atoms with Crippen LogP contribution in [0.3, 0.4) is 0 Å². The minimum absolute atomic E-state index is 0.212. The third-order valence-electron chi connectivity index (χ3n) is 5.24. The summed E-state index contributed by atoms with van der Waals surface area (Å²) >= 11 is 2.76. The Kier molecular flexibility index (Phi) is 8.41. The van der Waals surface area contributed by atoms with Gasteiger partial charge in [0.25, 0.3) is 0 Å². The Morgan fingerprint density at radius 3 is 1.30 bits per heavy atom. The molecule has 0 aromatic heterocycles. The Bertz CT molecular complexity index is 971. The van der Waals surface area contributed by atoms with Crippen LogP contribution >= 0.6 is 15.9 Å². The van der Waals surface area contributed by atoms with Gasteiger partial charge < -0.3 is 4.74 Å². The van der Waals surface area contributed by atoms with Gasteiger partial charge in [-0.05, 0) is 18.6 Å². The molecular weight excluding hydrogens is 635 g/mol. The fourth-order valence-corrected chi connectivity index (χ4v) is 3.60. The lowest BCUT2D eigenvalue weighted by molar-refractivity contribution is -0.462. The van der Waals surface area contributed by atoms with E-state index < -0.39 is 65.2 Å². The highest BCUT2D eigenvalue weighted by Gasteiger charge is 2.95. The second-order valence-electron chi connectivity index (χ2n) is 7.74. The van der Waals surface area contributed by atoms with Crippen molar-refractivity contribution in [1.82, 2.24) is 0 Å². The number of methoxy groups -OCH3 is 1. The Hall–Kier alpha value is -1.53. The van der Waals surface area contributed by atoms with Crippen molar-refractivity contribution in [3.8, 4) is 0 Å². The van der Waals surface area contributed by atoms with Crippen molar-refractivity contribution in [1.29, 1.82) is 0 Å². The number of hydrogen-bond acceptors (Lipinski definition) is 1. The minimum atomic E-state index is -8.66. The zero-order valence-electron chi connectivity index (χ0n) is 17.7. The largest absolute Gasteiger partial charge is 0.460 e. The number of ether oxygens (including phenoxy) is 1. The summed E-state index contributed by atoms with van der Waals surface area (Å²) in [6.45, 7) is 0.514. The summed E-state index contributed by atoms with van der Waals surface area (Å²) in [7, 11) is 0.536. The van der Waals surface area contributed by atoms with Crippen molar-refractivity contribution in [3.05, 3.63) is 34.3 Å². The van der Waals surface area contributed by atoms with E-state index in [4.69, 9.17) is 0 Å². The summed E-state index contributed by atoms with van der Waals surface area (Å²) in [5, 5.41) is 0. The first-order valence-corrected chi connectivity index (χ1v) is 9.84. The van der Waals surface area contributed by atoms with Crippen LogP contribution < -0.4 is 0 Å². The third-order valence-corrected chi connectivity index (χ3v) is 5.93. The van der Waals surface area contributed by atoms with Crippen molar-refractivity contribution >= 4 is 15.9 Å². The molecule has 1 aromatic rings. The van der Waals surface area contributed by atoms with Crippen molar-refractivity contribution in [2.24, 2.45) is 0 Å². The molecular formula is C18H12BrF17O. The van der Waals surface area contributed by atoms with Gasteiger partial charge >= 0.3 is 47.6 Å². The van der Waals surface area contributed by atoms with Gasteiger partial charge in [-0.3, -0.25) is 0 Å². The zero-order chi connectivity index (χ0) is 29.9. The monoisotopic (exact) mass is 646 g/mol. The van der Waals surface area contributed by atoms with E-state index in [1.54, 1.807) is 0 Å². The fourth-order valence-electron chi connectivity index (χ4n) is 2.90. The van der Waals surface area contributed by atoms with Crippen LogP contribution in [-0.4, -0.2) is 54.7 Å². The van der Waals surface area contributed by atoms with E-state index in [1.807, 2.05) is 0 Å². The minimum Gasteiger partial charge on any atom is -0.374 e. The predicted octanol–water partition coefficient (Wildman–Crippen LogP) is 8.71. The SMILES string of the molecule is COC(C)(CC(F)(F)C(F)(F)C(F)(F)C(F)(F)C(F)(F)C(F)(F)C(F)(F)C(F)(F)F)c1ccccc1Br. The number of hydrogen-bond donors (Lipinski definition) is 0. The number of benzene rings is 1. The van der Waals surface area contributed by atoms with Gasteiger partial charge in [-0.25, -0.2) is 0 Å². The van der Waals surface area contributed by atoms with Gasteiger partial charge in [-0.15, -0.1) is 0 Å². The van der Waals surface area contributed by atoms with Crippen molar-refractivity contribution in [2.75, 3.05) is 7.11 Å². The molecule has 0 aliphatic rings. The van der Waals surface area contributed by atoms with Crippen LogP contribution in [0.2, 0.25) is 0 Å². The van der Waals surface area contributed by atoms with Gasteiger partial charge in [0, 0.05) is 11.6 Å². The standard InChI is InChI=1S/C18H12BrF17O/c1-10(37-2,8-5-3-4-6-9(8)19)7-11(20,21)12(22,23)13(24,25)14(26,27)15(28,29)16(30,31)17(32,33)18(34,35)36/h3-6H,7H2,1-2H3. The number of halogens is 18. The molecule has 0 N–H and O–H groups in total. The molecule has 1 nitrogen and oxygen atoms in total. The molecule has 1 aromatic carbocycles. The summed E-state index contributed by atoms with van der Waals surface area (Å²) in [4.78, 5) is 0. The molecule has 0 radical (unpaired) electrons. The average Bonchev–Trinajstić information content (AvgIpc) is 2.71. The van der Waals surface area contributed by atoms with E-state index in [9.17, 15) is 74.6 Å². The first-order chi connectivity index (χ1) is 16.0.